The Morgan fingerprint density at radius 3 is 2.67 bits per heavy atom. The van der Waals surface area contributed by atoms with Crippen molar-refractivity contribution in [3.05, 3.63) is 29.8 Å². The highest BCUT2D eigenvalue weighted by Crippen LogP contribution is 2.22. The number of para-hydroxylation sites is 1. The summed E-state index contributed by atoms with van der Waals surface area (Å²) in [5.74, 6) is 0.00308. The highest BCUT2D eigenvalue weighted by molar-refractivity contribution is 5.92. The van der Waals surface area contributed by atoms with Crippen molar-refractivity contribution < 1.29 is 9.90 Å². The van der Waals surface area contributed by atoms with Crippen molar-refractivity contribution in [3.63, 3.8) is 0 Å². The van der Waals surface area contributed by atoms with E-state index in [2.05, 4.69) is 10.2 Å². The molecular formula is C17H26N2O2. The number of nitrogens with one attached hydrogen (secondary N) is 1. The minimum Gasteiger partial charge on any atom is -0.395 e. The quantitative estimate of drug-likeness (QED) is 0.846. The third-order valence-electron chi connectivity index (χ3n) is 4.24. The minimum atomic E-state index is 0.00308. The molecule has 0 spiro atoms. The normalized spacial score (nSPS) is 16.1. The number of aliphatic hydroxyl groups excluding tert-OH is 1. The van der Waals surface area contributed by atoms with Crippen molar-refractivity contribution in [3.8, 4) is 0 Å². The van der Waals surface area contributed by atoms with Gasteiger partial charge in [-0.3, -0.25) is 9.69 Å². The fourth-order valence-corrected chi connectivity index (χ4v) is 3.05. The molecule has 1 saturated carbocycles. The fourth-order valence-electron chi connectivity index (χ4n) is 3.05. The van der Waals surface area contributed by atoms with Gasteiger partial charge in [-0.2, -0.15) is 0 Å². The first kappa shape index (κ1) is 16.0. The van der Waals surface area contributed by atoms with Crippen molar-refractivity contribution in [1.82, 2.24) is 4.90 Å². The molecule has 0 aliphatic heterocycles. The Morgan fingerprint density at radius 1 is 1.29 bits per heavy atom. The first-order chi connectivity index (χ1) is 10.2. The molecule has 21 heavy (non-hydrogen) atoms. The summed E-state index contributed by atoms with van der Waals surface area (Å²) in [4.78, 5) is 14.4. The lowest BCUT2D eigenvalue weighted by molar-refractivity contribution is -0.118. The molecule has 0 aromatic heterocycles. The van der Waals surface area contributed by atoms with E-state index in [-0.39, 0.29) is 12.5 Å². The van der Waals surface area contributed by atoms with Crippen LogP contribution in [-0.4, -0.2) is 41.7 Å². The van der Waals surface area contributed by atoms with Gasteiger partial charge >= 0.3 is 0 Å². The molecule has 1 amide bonds. The number of hydrogen-bond acceptors (Lipinski definition) is 3. The number of carbonyl (C=O) groups excluding carboxylic acids is 1. The second-order valence-corrected chi connectivity index (χ2v) is 5.85. The molecule has 0 saturated heterocycles. The standard InChI is InChI=1S/C17H26N2O2/c1-14-7-5-6-10-16(14)18-17(21)13-19(11-12-20)15-8-3-2-4-9-15/h5-7,10,15,20H,2-4,8-9,11-13H2,1H3,(H,18,21). The Balaban J connectivity index is 1.93. The summed E-state index contributed by atoms with van der Waals surface area (Å²) in [5.41, 5.74) is 1.94. The second-order valence-electron chi connectivity index (χ2n) is 5.85. The number of aryl methyl sites for hydroxylation is 1. The van der Waals surface area contributed by atoms with Crippen LogP contribution >= 0.6 is 0 Å². The van der Waals surface area contributed by atoms with Crippen LogP contribution in [0.1, 0.15) is 37.7 Å². The van der Waals surface area contributed by atoms with Crippen LogP contribution in [0.5, 0.6) is 0 Å². The molecule has 0 unspecified atom stereocenters. The number of anilines is 1. The highest BCUT2D eigenvalue weighted by Gasteiger charge is 2.22. The van der Waals surface area contributed by atoms with Crippen LogP contribution in [-0.2, 0) is 4.79 Å². The number of hydrogen-bond donors (Lipinski definition) is 2. The smallest absolute Gasteiger partial charge is 0.238 e. The van der Waals surface area contributed by atoms with Crippen molar-refractivity contribution >= 4 is 11.6 Å². The van der Waals surface area contributed by atoms with E-state index in [1.807, 2.05) is 31.2 Å². The monoisotopic (exact) mass is 290 g/mol. The van der Waals surface area contributed by atoms with E-state index < -0.39 is 0 Å². The maximum atomic E-state index is 12.3. The number of nitrogens with zero attached hydrogens (tertiary/aromatic N) is 1. The summed E-state index contributed by atoms with van der Waals surface area (Å²) >= 11 is 0. The van der Waals surface area contributed by atoms with E-state index in [0.717, 1.165) is 24.1 Å². The number of amides is 1. The van der Waals surface area contributed by atoms with E-state index in [1.54, 1.807) is 0 Å². The molecule has 1 fully saturated rings. The lowest BCUT2D eigenvalue weighted by Crippen LogP contribution is -2.43. The maximum Gasteiger partial charge on any atom is 0.238 e. The molecule has 1 aliphatic carbocycles. The minimum absolute atomic E-state index is 0.00308. The van der Waals surface area contributed by atoms with Gasteiger partial charge in [0.1, 0.15) is 0 Å². The van der Waals surface area contributed by atoms with E-state index >= 15 is 0 Å². The largest absolute Gasteiger partial charge is 0.395 e. The Labute approximate surface area is 127 Å². The first-order valence-electron chi connectivity index (χ1n) is 7.91. The van der Waals surface area contributed by atoms with E-state index in [1.165, 1.54) is 19.3 Å². The topological polar surface area (TPSA) is 52.6 Å². The molecule has 1 aliphatic rings. The molecule has 0 atom stereocenters. The summed E-state index contributed by atoms with van der Waals surface area (Å²) in [6.45, 7) is 3.03. The van der Waals surface area contributed by atoms with Crippen molar-refractivity contribution in [2.75, 3.05) is 25.0 Å². The zero-order chi connectivity index (χ0) is 15.1. The Morgan fingerprint density at radius 2 is 2.00 bits per heavy atom. The van der Waals surface area contributed by atoms with Gasteiger partial charge in [-0.05, 0) is 31.4 Å². The molecule has 1 aromatic carbocycles. The van der Waals surface area contributed by atoms with Crippen LogP contribution in [0, 0.1) is 6.92 Å². The molecule has 2 N–H and O–H groups in total. The summed E-state index contributed by atoms with van der Waals surface area (Å²) < 4.78 is 0. The molecule has 4 nitrogen and oxygen atoms in total. The van der Waals surface area contributed by atoms with Crippen LogP contribution in [0.25, 0.3) is 0 Å². The van der Waals surface area contributed by atoms with Gasteiger partial charge in [0, 0.05) is 18.3 Å². The van der Waals surface area contributed by atoms with Gasteiger partial charge in [-0.25, -0.2) is 0 Å². The van der Waals surface area contributed by atoms with Gasteiger partial charge in [0.15, 0.2) is 0 Å². The molecule has 0 heterocycles. The first-order valence-corrected chi connectivity index (χ1v) is 7.91. The molecule has 4 heteroatoms. The number of benzene rings is 1. The summed E-state index contributed by atoms with van der Waals surface area (Å²) in [5, 5.41) is 12.2. The summed E-state index contributed by atoms with van der Waals surface area (Å²) in [6.07, 6.45) is 6.02. The molecule has 0 radical (unpaired) electrons. The van der Waals surface area contributed by atoms with E-state index in [9.17, 15) is 9.90 Å². The SMILES string of the molecule is Cc1ccccc1NC(=O)CN(CCO)C1CCCCC1. The molecular weight excluding hydrogens is 264 g/mol. The molecule has 0 bridgehead atoms. The lowest BCUT2D eigenvalue weighted by Gasteiger charge is -2.33. The van der Waals surface area contributed by atoms with Crippen LogP contribution in [0.15, 0.2) is 24.3 Å². The third kappa shape index (κ3) is 4.83. The number of carbonyl (C=O) groups is 1. The van der Waals surface area contributed by atoms with Gasteiger partial charge in [-0.1, -0.05) is 37.5 Å². The Bertz CT molecular complexity index is 456. The van der Waals surface area contributed by atoms with Crippen LogP contribution in [0.2, 0.25) is 0 Å². The van der Waals surface area contributed by atoms with E-state index in [0.29, 0.717) is 19.1 Å². The highest BCUT2D eigenvalue weighted by atomic mass is 16.3. The van der Waals surface area contributed by atoms with Crippen molar-refractivity contribution in [2.45, 2.75) is 45.1 Å². The average Bonchev–Trinajstić information content (AvgIpc) is 2.50. The van der Waals surface area contributed by atoms with Crippen LogP contribution in [0.3, 0.4) is 0 Å². The number of aliphatic hydroxyl groups is 1. The average molecular weight is 290 g/mol. The van der Waals surface area contributed by atoms with Crippen molar-refractivity contribution in [1.29, 1.82) is 0 Å². The van der Waals surface area contributed by atoms with Gasteiger partial charge in [-0.15, -0.1) is 0 Å². The zero-order valence-corrected chi connectivity index (χ0v) is 12.8. The van der Waals surface area contributed by atoms with Crippen LogP contribution in [0.4, 0.5) is 5.69 Å². The predicted octanol–water partition coefficient (Wildman–Crippen LogP) is 2.56. The number of rotatable bonds is 6. The van der Waals surface area contributed by atoms with E-state index in [4.69, 9.17) is 0 Å². The second kappa shape index (κ2) is 8.15. The molecule has 2 rings (SSSR count). The third-order valence-corrected chi connectivity index (χ3v) is 4.24. The van der Waals surface area contributed by atoms with Gasteiger partial charge in [0.25, 0.3) is 0 Å². The summed E-state index contributed by atoms with van der Waals surface area (Å²) in [7, 11) is 0. The fraction of sp³-hybridized carbons (Fsp3) is 0.588. The van der Waals surface area contributed by atoms with Gasteiger partial charge in [0.05, 0.1) is 13.2 Å². The lowest BCUT2D eigenvalue weighted by atomic mass is 9.94. The molecule has 116 valence electrons. The maximum absolute atomic E-state index is 12.3. The zero-order valence-electron chi connectivity index (χ0n) is 12.8. The predicted molar refractivity (Wildman–Crippen MR) is 85.3 cm³/mol. The van der Waals surface area contributed by atoms with Crippen LogP contribution < -0.4 is 5.32 Å². The Hall–Kier alpha value is -1.39. The van der Waals surface area contributed by atoms with Gasteiger partial charge in [0.2, 0.25) is 5.91 Å². The summed E-state index contributed by atoms with van der Waals surface area (Å²) in [6, 6.07) is 8.24. The molecule has 1 aromatic rings. The van der Waals surface area contributed by atoms with Gasteiger partial charge < -0.3 is 10.4 Å². The Kier molecular flexibility index (Phi) is 6.21. The van der Waals surface area contributed by atoms with Crippen molar-refractivity contribution in [2.24, 2.45) is 0 Å².